The molecule has 0 saturated carbocycles. The SMILES string of the molecule is C=CC(=O)Nc1cccc(C(=O)N2Cc3ccccc3C(C(F)(F)F)C2)c1. The molecular formula is C20H17F3N2O2. The average Bonchev–Trinajstić information content (AvgIpc) is 2.65. The van der Waals surface area contributed by atoms with Gasteiger partial charge in [0.1, 0.15) is 0 Å². The summed E-state index contributed by atoms with van der Waals surface area (Å²) < 4.78 is 40.5. The Morgan fingerprint density at radius 1 is 1.15 bits per heavy atom. The van der Waals surface area contributed by atoms with Crippen LogP contribution in [0, 0.1) is 0 Å². The molecule has 4 nitrogen and oxygen atoms in total. The van der Waals surface area contributed by atoms with E-state index in [-0.39, 0.29) is 17.7 Å². The van der Waals surface area contributed by atoms with E-state index < -0.39 is 30.5 Å². The Balaban J connectivity index is 1.89. The summed E-state index contributed by atoms with van der Waals surface area (Å²) in [6, 6.07) is 12.4. The summed E-state index contributed by atoms with van der Waals surface area (Å²) in [6.45, 7) is 3.01. The molecule has 2 aromatic rings. The van der Waals surface area contributed by atoms with Crippen LogP contribution in [0.25, 0.3) is 0 Å². The Labute approximate surface area is 154 Å². The molecule has 7 heteroatoms. The number of anilines is 1. The van der Waals surface area contributed by atoms with Crippen LogP contribution in [0.3, 0.4) is 0 Å². The van der Waals surface area contributed by atoms with Gasteiger partial charge in [0.25, 0.3) is 5.91 Å². The summed E-state index contributed by atoms with van der Waals surface area (Å²) in [7, 11) is 0. The van der Waals surface area contributed by atoms with Crippen LogP contribution in [0.2, 0.25) is 0 Å². The minimum atomic E-state index is -4.45. The number of rotatable bonds is 3. The van der Waals surface area contributed by atoms with Gasteiger partial charge in [0, 0.05) is 24.3 Å². The zero-order chi connectivity index (χ0) is 19.6. The normalized spacial score (nSPS) is 16.4. The van der Waals surface area contributed by atoms with Gasteiger partial charge in [-0.1, -0.05) is 36.9 Å². The predicted octanol–water partition coefficient (Wildman–Crippen LogP) is 4.11. The molecule has 0 fully saturated rings. The molecule has 2 aromatic carbocycles. The van der Waals surface area contributed by atoms with E-state index in [9.17, 15) is 22.8 Å². The second-order valence-electron chi connectivity index (χ2n) is 6.25. The van der Waals surface area contributed by atoms with Crippen molar-refractivity contribution >= 4 is 17.5 Å². The molecule has 0 saturated heterocycles. The zero-order valence-corrected chi connectivity index (χ0v) is 14.3. The fourth-order valence-corrected chi connectivity index (χ4v) is 3.15. The molecule has 1 aliphatic rings. The van der Waals surface area contributed by atoms with E-state index in [1.165, 1.54) is 23.1 Å². The molecule has 27 heavy (non-hydrogen) atoms. The lowest BCUT2D eigenvalue weighted by Gasteiger charge is -2.35. The minimum Gasteiger partial charge on any atom is -0.333 e. The van der Waals surface area contributed by atoms with Crippen molar-refractivity contribution in [1.29, 1.82) is 0 Å². The quantitative estimate of drug-likeness (QED) is 0.822. The summed E-state index contributed by atoms with van der Waals surface area (Å²) in [4.78, 5) is 25.4. The van der Waals surface area contributed by atoms with Crippen molar-refractivity contribution in [2.24, 2.45) is 0 Å². The van der Waals surface area contributed by atoms with Gasteiger partial charge in [-0.2, -0.15) is 13.2 Å². The van der Waals surface area contributed by atoms with E-state index in [0.29, 0.717) is 11.3 Å². The topological polar surface area (TPSA) is 49.4 Å². The third-order valence-corrected chi connectivity index (χ3v) is 4.44. The molecule has 0 radical (unpaired) electrons. The van der Waals surface area contributed by atoms with Gasteiger partial charge in [-0.05, 0) is 35.4 Å². The van der Waals surface area contributed by atoms with E-state index in [4.69, 9.17) is 0 Å². The van der Waals surface area contributed by atoms with Gasteiger partial charge in [0.2, 0.25) is 5.91 Å². The van der Waals surface area contributed by atoms with E-state index in [0.717, 1.165) is 6.08 Å². The minimum absolute atomic E-state index is 0.102. The number of benzene rings is 2. The molecule has 1 aliphatic heterocycles. The lowest BCUT2D eigenvalue weighted by molar-refractivity contribution is -0.155. The number of nitrogens with one attached hydrogen (secondary N) is 1. The van der Waals surface area contributed by atoms with E-state index in [2.05, 4.69) is 11.9 Å². The largest absolute Gasteiger partial charge is 0.397 e. The van der Waals surface area contributed by atoms with Gasteiger partial charge in [0.15, 0.2) is 0 Å². The molecule has 0 bridgehead atoms. The molecule has 3 rings (SSSR count). The highest BCUT2D eigenvalue weighted by atomic mass is 19.4. The Bertz CT molecular complexity index is 893. The van der Waals surface area contributed by atoms with Gasteiger partial charge in [-0.15, -0.1) is 0 Å². The highest BCUT2D eigenvalue weighted by molar-refractivity contribution is 6.00. The number of halogens is 3. The Kier molecular flexibility index (Phi) is 5.03. The molecule has 0 aromatic heterocycles. The van der Waals surface area contributed by atoms with Crippen molar-refractivity contribution in [2.75, 3.05) is 11.9 Å². The molecule has 140 valence electrons. The van der Waals surface area contributed by atoms with Crippen molar-refractivity contribution < 1.29 is 22.8 Å². The highest BCUT2D eigenvalue weighted by Gasteiger charge is 2.45. The van der Waals surface area contributed by atoms with Crippen molar-refractivity contribution in [3.05, 3.63) is 77.9 Å². The maximum absolute atomic E-state index is 13.5. The zero-order valence-electron chi connectivity index (χ0n) is 14.3. The van der Waals surface area contributed by atoms with Gasteiger partial charge < -0.3 is 10.2 Å². The molecule has 0 spiro atoms. The predicted molar refractivity (Wildman–Crippen MR) is 95.2 cm³/mol. The second kappa shape index (κ2) is 7.26. The fourth-order valence-electron chi connectivity index (χ4n) is 3.15. The number of fused-ring (bicyclic) bond motifs is 1. The van der Waals surface area contributed by atoms with Crippen LogP contribution in [-0.4, -0.2) is 29.4 Å². The summed E-state index contributed by atoms with van der Waals surface area (Å²) in [6.07, 6.45) is -3.36. The number of hydrogen-bond donors (Lipinski definition) is 1. The lowest BCUT2D eigenvalue weighted by atomic mass is 9.89. The number of nitrogens with zero attached hydrogens (tertiary/aromatic N) is 1. The van der Waals surface area contributed by atoms with Crippen LogP contribution in [0.4, 0.5) is 18.9 Å². The first kappa shape index (κ1) is 18.7. The maximum Gasteiger partial charge on any atom is 0.397 e. The molecule has 2 amide bonds. The summed E-state index contributed by atoms with van der Waals surface area (Å²) in [5.74, 6) is -2.69. The summed E-state index contributed by atoms with van der Waals surface area (Å²) in [5, 5.41) is 2.53. The van der Waals surface area contributed by atoms with E-state index >= 15 is 0 Å². The van der Waals surface area contributed by atoms with Crippen molar-refractivity contribution in [2.45, 2.75) is 18.6 Å². The smallest absolute Gasteiger partial charge is 0.333 e. The first-order chi connectivity index (χ1) is 12.8. The van der Waals surface area contributed by atoms with E-state index in [1.807, 2.05) is 0 Å². The first-order valence-corrected chi connectivity index (χ1v) is 8.27. The van der Waals surface area contributed by atoms with Crippen LogP contribution in [0.1, 0.15) is 27.4 Å². The molecule has 1 heterocycles. The van der Waals surface area contributed by atoms with Crippen LogP contribution < -0.4 is 5.32 Å². The standard InChI is InChI=1S/C20H17F3N2O2/c1-2-18(26)24-15-8-5-7-13(10-15)19(27)25-11-14-6-3-4-9-16(14)17(12-25)20(21,22)23/h2-10,17H,1,11-12H2,(H,24,26). The fraction of sp³-hybridized carbons (Fsp3) is 0.200. The van der Waals surface area contributed by atoms with Crippen LogP contribution in [0.5, 0.6) is 0 Å². The van der Waals surface area contributed by atoms with Crippen LogP contribution in [-0.2, 0) is 11.3 Å². The lowest BCUT2D eigenvalue weighted by Crippen LogP contribution is -2.42. The summed E-state index contributed by atoms with van der Waals surface area (Å²) in [5.41, 5.74) is 1.27. The number of carbonyl (C=O) groups is 2. The number of carbonyl (C=O) groups excluding carboxylic acids is 2. The number of amides is 2. The first-order valence-electron chi connectivity index (χ1n) is 8.27. The highest BCUT2D eigenvalue weighted by Crippen LogP contribution is 2.40. The molecule has 1 atom stereocenters. The van der Waals surface area contributed by atoms with Crippen molar-refractivity contribution in [3.8, 4) is 0 Å². The Morgan fingerprint density at radius 3 is 2.59 bits per heavy atom. The summed E-state index contributed by atoms with van der Waals surface area (Å²) >= 11 is 0. The third kappa shape index (κ3) is 4.02. The molecular weight excluding hydrogens is 357 g/mol. The third-order valence-electron chi connectivity index (χ3n) is 4.44. The van der Waals surface area contributed by atoms with Gasteiger partial charge in [0.05, 0.1) is 5.92 Å². The second-order valence-corrected chi connectivity index (χ2v) is 6.25. The van der Waals surface area contributed by atoms with Crippen LogP contribution in [0.15, 0.2) is 61.2 Å². The van der Waals surface area contributed by atoms with Crippen molar-refractivity contribution in [1.82, 2.24) is 4.90 Å². The average molecular weight is 374 g/mol. The Hall–Kier alpha value is -3.09. The van der Waals surface area contributed by atoms with Gasteiger partial charge in [-0.3, -0.25) is 9.59 Å². The van der Waals surface area contributed by atoms with Crippen LogP contribution >= 0.6 is 0 Å². The molecule has 0 aliphatic carbocycles. The number of hydrogen-bond acceptors (Lipinski definition) is 2. The molecule has 1 unspecified atom stereocenters. The number of alkyl halides is 3. The Morgan fingerprint density at radius 2 is 1.89 bits per heavy atom. The van der Waals surface area contributed by atoms with Gasteiger partial charge in [-0.25, -0.2) is 0 Å². The van der Waals surface area contributed by atoms with Gasteiger partial charge >= 0.3 is 6.18 Å². The monoisotopic (exact) mass is 374 g/mol. The maximum atomic E-state index is 13.5. The van der Waals surface area contributed by atoms with Crippen molar-refractivity contribution in [3.63, 3.8) is 0 Å². The van der Waals surface area contributed by atoms with E-state index in [1.54, 1.807) is 30.3 Å². The molecule has 1 N–H and O–H groups in total.